The average Bonchev–Trinajstić information content (AvgIpc) is 3.18. The van der Waals surface area contributed by atoms with Gasteiger partial charge >= 0.3 is 0 Å². The van der Waals surface area contributed by atoms with Crippen LogP contribution in [0.3, 0.4) is 0 Å². The summed E-state index contributed by atoms with van der Waals surface area (Å²) < 4.78 is 7.57. The van der Waals surface area contributed by atoms with Crippen LogP contribution < -0.4 is 10.2 Å². The van der Waals surface area contributed by atoms with Crippen molar-refractivity contribution < 1.29 is 14.5 Å². The fraction of sp³-hybridized carbons (Fsp3) is 0.103. The maximum Gasteiger partial charge on any atom is 0.275 e. The van der Waals surface area contributed by atoms with E-state index in [2.05, 4.69) is 15.1 Å². The van der Waals surface area contributed by atoms with Gasteiger partial charge in [0.15, 0.2) is 0 Å². The van der Waals surface area contributed by atoms with Crippen molar-refractivity contribution in [2.45, 2.75) is 13.5 Å². The van der Waals surface area contributed by atoms with Gasteiger partial charge in [-0.1, -0.05) is 54.6 Å². The molecule has 0 saturated heterocycles. The summed E-state index contributed by atoms with van der Waals surface area (Å²) >= 11 is 0. The monoisotopic (exact) mass is 492 g/mol. The molecular formula is C29H24N4O4. The molecular weight excluding hydrogens is 468 g/mol. The van der Waals surface area contributed by atoms with Crippen LogP contribution in [0, 0.1) is 17.0 Å². The largest absolute Gasteiger partial charge is 0.496 e. The third kappa shape index (κ3) is 4.64. The fourth-order valence-electron chi connectivity index (χ4n) is 4.51. The molecule has 1 heterocycles. The van der Waals surface area contributed by atoms with Crippen LogP contribution in [0.15, 0.2) is 90.0 Å². The highest BCUT2D eigenvalue weighted by atomic mass is 16.6. The predicted octanol–water partition coefficient (Wildman–Crippen LogP) is 5.83. The molecule has 0 bridgehead atoms. The Kier molecular flexibility index (Phi) is 6.38. The first-order chi connectivity index (χ1) is 18.0. The number of nitro benzene ring substituents is 1. The van der Waals surface area contributed by atoms with Crippen molar-refractivity contribution >= 4 is 39.5 Å². The second-order valence-electron chi connectivity index (χ2n) is 8.62. The van der Waals surface area contributed by atoms with E-state index in [0.29, 0.717) is 17.9 Å². The van der Waals surface area contributed by atoms with Gasteiger partial charge in [-0.05, 0) is 41.5 Å². The van der Waals surface area contributed by atoms with Gasteiger partial charge in [0.1, 0.15) is 5.75 Å². The second-order valence-corrected chi connectivity index (χ2v) is 8.62. The number of rotatable bonds is 7. The molecule has 0 unspecified atom stereocenters. The maximum absolute atomic E-state index is 13.0. The van der Waals surface area contributed by atoms with Crippen LogP contribution in [-0.2, 0) is 6.54 Å². The van der Waals surface area contributed by atoms with Crippen molar-refractivity contribution in [1.29, 1.82) is 0 Å². The molecule has 0 atom stereocenters. The first kappa shape index (κ1) is 23.7. The number of fused-ring (bicyclic) bond motifs is 2. The second kappa shape index (κ2) is 9.94. The van der Waals surface area contributed by atoms with E-state index in [0.717, 1.165) is 38.5 Å². The number of carbonyl (C=O) groups is 1. The van der Waals surface area contributed by atoms with Gasteiger partial charge in [0.05, 0.1) is 23.8 Å². The number of hydrogen-bond acceptors (Lipinski definition) is 5. The average molecular weight is 493 g/mol. The van der Waals surface area contributed by atoms with Crippen LogP contribution in [0.5, 0.6) is 5.75 Å². The van der Waals surface area contributed by atoms with Gasteiger partial charge < -0.3 is 9.30 Å². The van der Waals surface area contributed by atoms with E-state index in [4.69, 9.17) is 4.74 Å². The summed E-state index contributed by atoms with van der Waals surface area (Å²) in [5, 5.41) is 18.2. The molecule has 37 heavy (non-hydrogen) atoms. The van der Waals surface area contributed by atoms with Crippen molar-refractivity contribution in [3.05, 3.63) is 117 Å². The number of methoxy groups -OCH3 is 1. The van der Waals surface area contributed by atoms with Crippen molar-refractivity contribution in [3.8, 4) is 5.75 Å². The number of ether oxygens (including phenoxy) is 1. The van der Waals surface area contributed by atoms with E-state index < -0.39 is 4.92 Å². The number of carbonyl (C=O) groups excluding carboxylic acids is 1. The van der Waals surface area contributed by atoms with E-state index in [-0.39, 0.29) is 11.6 Å². The van der Waals surface area contributed by atoms with Gasteiger partial charge in [0, 0.05) is 40.8 Å². The van der Waals surface area contributed by atoms with E-state index in [1.165, 1.54) is 19.2 Å². The lowest BCUT2D eigenvalue weighted by molar-refractivity contribution is -0.384. The standard InChI is InChI=1S/C29H24N4O4/c1-19-26(17-30-31-29(34)25-15-21-7-3-4-8-22(21)16-28(25)37-2)24-9-5-6-10-27(24)32(19)18-20-11-13-23(14-12-20)33(35)36/h3-17H,18H2,1-2H3,(H,31,34). The molecule has 8 heteroatoms. The predicted molar refractivity (Wildman–Crippen MR) is 144 cm³/mol. The zero-order chi connectivity index (χ0) is 25.9. The quantitative estimate of drug-likeness (QED) is 0.175. The van der Waals surface area contributed by atoms with Gasteiger partial charge in [-0.25, -0.2) is 5.43 Å². The highest BCUT2D eigenvalue weighted by Gasteiger charge is 2.15. The molecule has 4 aromatic carbocycles. The Morgan fingerprint density at radius 3 is 2.41 bits per heavy atom. The van der Waals surface area contributed by atoms with Gasteiger partial charge in [0.25, 0.3) is 11.6 Å². The zero-order valence-electron chi connectivity index (χ0n) is 20.3. The van der Waals surface area contributed by atoms with Gasteiger partial charge in [0.2, 0.25) is 0 Å². The Hall–Kier alpha value is -4.98. The summed E-state index contributed by atoms with van der Waals surface area (Å²) in [5.74, 6) is 0.105. The summed E-state index contributed by atoms with van der Waals surface area (Å²) in [6, 6.07) is 25.9. The topological polar surface area (TPSA) is 98.8 Å². The molecule has 0 saturated carbocycles. The molecule has 1 amide bonds. The third-order valence-corrected chi connectivity index (χ3v) is 6.44. The maximum atomic E-state index is 13.0. The van der Waals surface area contributed by atoms with Crippen LogP contribution in [0.25, 0.3) is 21.7 Å². The molecule has 184 valence electrons. The van der Waals surface area contributed by atoms with Crippen LogP contribution >= 0.6 is 0 Å². The first-order valence-electron chi connectivity index (χ1n) is 11.7. The highest BCUT2D eigenvalue weighted by molar-refractivity contribution is 6.04. The zero-order valence-corrected chi connectivity index (χ0v) is 20.3. The van der Waals surface area contributed by atoms with Crippen molar-refractivity contribution in [2.24, 2.45) is 5.10 Å². The Bertz CT molecular complexity index is 1670. The molecule has 0 aliphatic heterocycles. The number of non-ortho nitro benzene ring substituents is 1. The van der Waals surface area contributed by atoms with Crippen LogP contribution in [0.2, 0.25) is 0 Å². The van der Waals surface area contributed by atoms with Crippen molar-refractivity contribution in [1.82, 2.24) is 9.99 Å². The molecule has 0 aliphatic rings. The summed E-state index contributed by atoms with van der Waals surface area (Å²) in [6.07, 6.45) is 1.65. The molecule has 0 fully saturated rings. The SMILES string of the molecule is COc1cc2ccccc2cc1C(=O)NN=Cc1c(C)n(Cc2ccc([N+](=O)[O-])cc2)c2ccccc12. The lowest BCUT2D eigenvalue weighted by Gasteiger charge is -2.09. The van der Waals surface area contributed by atoms with Crippen molar-refractivity contribution in [2.75, 3.05) is 7.11 Å². The number of hydrogen-bond donors (Lipinski definition) is 1. The number of benzene rings is 4. The molecule has 1 N–H and O–H groups in total. The summed E-state index contributed by atoms with van der Waals surface area (Å²) in [5.41, 5.74) is 6.87. The lowest BCUT2D eigenvalue weighted by Crippen LogP contribution is -2.18. The number of nitro groups is 1. The molecule has 0 radical (unpaired) electrons. The number of hydrazone groups is 1. The third-order valence-electron chi connectivity index (χ3n) is 6.44. The van der Waals surface area contributed by atoms with E-state index in [1.54, 1.807) is 24.4 Å². The van der Waals surface area contributed by atoms with Gasteiger partial charge in [-0.15, -0.1) is 0 Å². The smallest absolute Gasteiger partial charge is 0.275 e. The summed E-state index contributed by atoms with van der Waals surface area (Å²) in [6.45, 7) is 2.53. The number of para-hydroxylation sites is 1. The molecule has 0 spiro atoms. The van der Waals surface area contributed by atoms with E-state index >= 15 is 0 Å². The lowest BCUT2D eigenvalue weighted by atomic mass is 10.1. The van der Waals surface area contributed by atoms with Crippen LogP contribution in [0.4, 0.5) is 5.69 Å². The molecule has 8 nitrogen and oxygen atoms in total. The van der Waals surface area contributed by atoms with Gasteiger partial charge in [-0.2, -0.15) is 5.10 Å². The van der Waals surface area contributed by atoms with E-state index in [1.807, 2.05) is 61.5 Å². The number of aromatic nitrogens is 1. The minimum Gasteiger partial charge on any atom is -0.496 e. The molecule has 1 aromatic heterocycles. The first-order valence-corrected chi connectivity index (χ1v) is 11.7. The number of amides is 1. The summed E-state index contributed by atoms with van der Waals surface area (Å²) in [7, 11) is 1.54. The Labute approximate surface area is 212 Å². The molecule has 0 aliphatic carbocycles. The molecule has 5 aromatic rings. The van der Waals surface area contributed by atoms with E-state index in [9.17, 15) is 14.9 Å². The Morgan fingerprint density at radius 2 is 1.70 bits per heavy atom. The summed E-state index contributed by atoms with van der Waals surface area (Å²) in [4.78, 5) is 23.5. The number of nitrogens with zero attached hydrogens (tertiary/aromatic N) is 3. The minimum absolute atomic E-state index is 0.0597. The minimum atomic E-state index is -0.406. The highest BCUT2D eigenvalue weighted by Crippen LogP contribution is 2.27. The number of nitrogens with one attached hydrogen (secondary N) is 1. The van der Waals surface area contributed by atoms with Crippen LogP contribution in [-0.4, -0.2) is 28.7 Å². The normalized spacial score (nSPS) is 11.3. The fourth-order valence-corrected chi connectivity index (χ4v) is 4.51. The Balaban J connectivity index is 1.42. The van der Waals surface area contributed by atoms with Crippen molar-refractivity contribution in [3.63, 3.8) is 0 Å². The Morgan fingerprint density at radius 1 is 1.03 bits per heavy atom. The molecule has 5 rings (SSSR count). The van der Waals surface area contributed by atoms with Gasteiger partial charge in [-0.3, -0.25) is 14.9 Å². The van der Waals surface area contributed by atoms with Crippen LogP contribution in [0.1, 0.15) is 27.2 Å².